The summed E-state index contributed by atoms with van der Waals surface area (Å²) in [6.45, 7) is -2.52. The Morgan fingerprint density at radius 1 is 0.900 bits per heavy atom. The van der Waals surface area contributed by atoms with E-state index in [1.54, 1.807) is 0 Å². The molecule has 0 heterocycles. The highest BCUT2D eigenvalue weighted by molar-refractivity contribution is 5.94. The molecule has 6 heteroatoms. The zero-order valence-electron chi connectivity index (χ0n) is 16.6. The maximum Gasteiger partial charge on any atom is 0.387 e. The molecule has 30 heavy (non-hydrogen) atoms. The van der Waals surface area contributed by atoms with Gasteiger partial charge >= 0.3 is 6.61 Å². The summed E-state index contributed by atoms with van der Waals surface area (Å²) in [6.07, 6.45) is 0.712. The van der Waals surface area contributed by atoms with Crippen LogP contribution in [0.25, 0.3) is 0 Å². The van der Waals surface area contributed by atoms with Crippen LogP contribution in [0.5, 0.6) is 11.5 Å². The fourth-order valence-electron chi connectivity index (χ4n) is 3.33. The van der Waals surface area contributed by atoms with Crippen LogP contribution in [0.4, 0.5) is 8.78 Å². The largest absolute Gasteiger partial charge is 0.493 e. The number of rotatable bonds is 9. The Morgan fingerprint density at radius 3 is 2.03 bits per heavy atom. The first kappa shape index (κ1) is 21.3. The third-order valence-corrected chi connectivity index (χ3v) is 4.76. The topological polar surface area (TPSA) is 47.6 Å². The van der Waals surface area contributed by atoms with Gasteiger partial charge in [-0.3, -0.25) is 4.79 Å². The van der Waals surface area contributed by atoms with E-state index in [0.717, 1.165) is 0 Å². The van der Waals surface area contributed by atoms with Gasteiger partial charge in [0, 0.05) is 18.0 Å². The van der Waals surface area contributed by atoms with E-state index in [1.165, 1.54) is 36.4 Å². The standard InChI is InChI=1S/C24H23F2NO3/c1-29-22-16-19(12-13-21(22)30-24(25)26)23(28)27-15-14-20(17-8-4-2-5-9-17)18-10-6-3-7-11-18/h2-13,16,20,24H,14-15H2,1H3,(H,27,28). The summed E-state index contributed by atoms with van der Waals surface area (Å²) >= 11 is 0. The van der Waals surface area contributed by atoms with Crippen LogP contribution in [0.2, 0.25) is 0 Å². The molecule has 0 fully saturated rings. The minimum Gasteiger partial charge on any atom is -0.493 e. The minimum atomic E-state index is -2.97. The van der Waals surface area contributed by atoms with Crippen molar-refractivity contribution >= 4 is 5.91 Å². The summed E-state index contributed by atoms with van der Waals surface area (Å²) in [5.41, 5.74) is 2.66. The average Bonchev–Trinajstić information content (AvgIpc) is 2.77. The lowest BCUT2D eigenvalue weighted by Gasteiger charge is -2.18. The predicted molar refractivity (Wildman–Crippen MR) is 111 cm³/mol. The second kappa shape index (κ2) is 10.4. The molecule has 156 valence electrons. The van der Waals surface area contributed by atoms with Crippen molar-refractivity contribution in [2.45, 2.75) is 19.0 Å². The number of halogens is 2. The third-order valence-electron chi connectivity index (χ3n) is 4.76. The maximum atomic E-state index is 12.5. The van der Waals surface area contributed by atoms with E-state index in [1.807, 2.05) is 36.4 Å². The number of carbonyl (C=O) groups excluding carboxylic acids is 1. The quantitative estimate of drug-likeness (QED) is 0.523. The number of carbonyl (C=O) groups is 1. The smallest absolute Gasteiger partial charge is 0.387 e. The Hall–Kier alpha value is -3.41. The number of benzene rings is 3. The van der Waals surface area contributed by atoms with Gasteiger partial charge in [0.1, 0.15) is 0 Å². The fourth-order valence-corrected chi connectivity index (χ4v) is 3.33. The highest BCUT2D eigenvalue weighted by Crippen LogP contribution is 2.30. The van der Waals surface area contributed by atoms with Gasteiger partial charge in [0.25, 0.3) is 5.91 Å². The summed E-state index contributed by atoms with van der Waals surface area (Å²) in [5, 5.41) is 2.90. The number of hydrogen-bond acceptors (Lipinski definition) is 3. The molecule has 0 aliphatic heterocycles. The highest BCUT2D eigenvalue weighted by Gasteiger charge is 2.16. The van der Waals surface area contributed by atoms with E-state index in [9.17, 15) is 13.6 Å². The number of alkyl halides is 2. The zero-order valence-corrected chi connectivity index (χ0v) is 16.6. The number of ether oxygens (including phenoxy) is 2. The SMILES string of the molecule is COc1cc(C(=O)NCCC(c2ccccc2)c2ccccc2)ccc1OC(F)F. The van der Waals surface area contributed by atoms with Crippen LogP contribution in [-0.2, 0) is 0 Å². The number of methoxy groups -OCH3 is 1. The summed E-state index contributed by atoms with van der Waals surface area (Å²) in [7, 11) is 1.33. The molecular formula is C24H23F2NO3. The molecule has 0 spiro atoms. The van der Waals surface area contributed by atoms with Crippen molar-refractivity contribution in [1.29, 1.82) is 0 Å². The van der Waals surface area contributed by atoms with Crippen LogP contribution < -0.4 is 14.8 Å². The lowest BCUT2D eigenvalue weighted by atomic mass is 9.88. The van der Waals surface area contributed by atoms with Crippen LogP contribution in [-0.4, -0.2) is 26.2 Å². The van der Waals surface area contributed by atoms with E-state index in [-0.39, 0.29) is 23.3 Å². The predicted octanol–water partition coefficient (Wildman–Crippen LogP) is 5.25. The van der Waals surface area contributed by atoms with Crippen molar-refractivity contribution in [3.05, 3.63) is 95.6 Å². The Labute approximate surface area is 174 Å². The van der Waals surface area contributed by atoms with Gasteiger partial charge < -0.3 is 14.8 Å². The number of amides is 1. The van der Waals surface area contributed by atoms with E-state index in [4.69, 9.17) is 4.74 Å². The summed E-state index contributed by atoms with van der Waals surface area (Å²) in [6, 6.07) is 24.4. The number of nitrogens with one attached hydrogen (secondary N) is 1. The maximum absolute atomic E-state index is 12.5. The average molecular weight is 411 g/mol. The van der Waals surface area contributed by atoms with Crippen LogP contribution >= 0.6 is 0 Å². The summed E-state index contributed by atoms with van der Waals surface area (Å²) in [5.74, 6) is -0.201. The van der Waals surface area contributed by atoms with Crippen molar-refractivity contribution in [2.75, 3.05) is 13.7 Å². The molecule has 4 nitrogen and oxygen atoms in total. The first-order valence-corrected chi connectivity index (χ1v) is 9.59. The first-order valence-electron chi connectivity index (χ1n) is 9.59. The van der Waals surface area contributed by atoms with Crippen LogP contribution in [0.15, 0.2) is 78.9 Å². The first-order chi connectivity index (χ1) is 14.6. The molecule has 0 aliphatic carbocycles. The normalized spacial score (nSPS) is 10.8. The molecule has 1 N–H and O–H groups in total. The minimum absolute atomic E-state index is 0.0781. The van der Waals surface area contributed by atoms with E-state index in [2.05, 4.69) is 34.3 Å². The van der Waals surface area contributed by atoms with Gasteiger partial charge in [-0.2, -0.15) is 8.78 Å². The van der Waals surface area contributed by atoms with Gasteiger partial charge in [-0.05, 0) is 35.7 Å². The lowest BCUT2D eigenvalue weighted by molar-refractivity contribution is -0.0512. The summed E-state index contributed by atoms with van der Waals surface area (Å²) < 4.78 is 34.4. The molecule has 3 aromatic rings. The molecule has 3 aromatic carbocycles. The van der Waals surface area contributed by atoms with Gasteiger partial charge in [0.05, 0.1) is 7.11 Å². The molecule has 0 unspecified atom stereocenters. The van der Waals surface area contributed by atoms with Crippen LogP contribution in [0.3, 0.4) is 0 Å². The zero-order chi connectivity index (χ0) is 21.3. The number of hydrogen-bond donors (Lipinski definition) is 1. The monoisotopic (exact) mass is 411 g/mol. The van der Waals surface area contributed by atoms with Gasteiger partial charge in [-0.1, -0.05) is 60.7 Å². The van der Waals surface area contributed by atoms with Crippen molar-refractivity contribution in [3.8, 4) is 11.5 Å². The molecule has 0 bridgehead atoms. The Balaban J connectivity index is 1.67. The van der Waals surface area contributed by atoms with Crippen LogP contribution in [0.1, 0.15) is 33.8 Å². The molecule has 1 amide bonds. The molecule has 0 saturated heterocycles. The van der Waals surface area contributed by atoms with E-state index in [0.29, 0.717) is 18.5 Å². The fraction of sp³-hybridized carbons (Fsp3) is 0.208. The van der Waals surface area contributed by atoms with E-state index >= 15 is 0 Å². The summed E-state index contributed by atoms with van der Waals surface area (Å²) in [4.78, 5) is 12.5. The molecule has 0 aliphatic rings. The molecule has 3 rings (SSSR count). The van der Waals surface area contributed by atoms with Crippen molar-refractivity contribution in [1.82, 2.24) is 5.32 Å². The molecule has 0 radical (unpaired) electrons. The van der Waals surface area contributed by atoms with Gasteiger partial charge in [0.2, 0.25) is 0 Å². The highest BCUT2D eigenvalue weighted by atomic mass is 19.3. The van der Waals surface area contributed by atoms with Crippen molar-refractivity contribution < 1.29 is 23.0 Å². The second-order valence-corrected chi connectivity index (χ2v) is 6.66. The molecule has 0 atom stereocenters. The Kier molecular flexibility index (Phi) is 7.38. The van der Waals surface area contributed by atoms with Gasteiger partial charge in [-0.15, -0.1) is 0 Å². The third kappa shape index (κ3) is 5.56. The van der Waals surface area contributed by atoms with Gasteiger partial charge in [0.15, 0.2) is 11.5 Å². The van der Waals surface area contributed by atoms with Crippen molar-refractivity contribution in [3.63, 3.8) is 0 Å². The molecule has 0 saturated carbocycles. The van der Waals surface area contributed by atoms with Crippen LogP contribution in [0, 0.1) is 0 Å². The van der Waals surface area contributed by atoms with Gasteiger partial charge in [-0.25, -0.2) is 0 Å². The molecule has 0 aromatic heterocycles. The van der Waals surface area contributed by atoms with Crippen molar-refractivity contribution in [2.24, 2.45) is 0 Å². The second-order valence-electron chi connectivity index (χ2n) is 6.66. The lowest BCUT2D eigenvalue weighted by Crippen LogP contribution is -2.26. The Bertz CT molecular complexity index is 910. The molecular weight excluding hydrogens is 388 g/mol. The Morgan fingerprint density at radius 2 is 1.50 bits per heavy atom. The van der Waals surface area contributed by atoms with E-state index < -0.39 is 6.61 Å².